The van der Waals surface area contributed by atoms with Gasteiger partial charge in [-0.05, 0) is 25.5 Å². The Kier molecular flexibility index (Phi) is 8.64. The van der Waals surface area contributed by atoms with Gasteiger partial charge in [0.1, 0.15) is 5.75 Å². The molecule has 0 atom stereocenters. The predicted octanol–water partition coefficient (Wildman–Crippen LogP) is 4.48. The van der Waals surface area contributed by atoms with Crippen LogP contribution in [0.5, 0.6) is 5.75 Å². The Bertz CT molecular complexity index is 510. The third kappa shape index (κ3) is 6.26. The van der Waals surface area contributed by atoms with Gasteiger partial charge in [0.25, 0.3) is 0 Å². The van der Waals surface area contributed by atoms with Crippen LogP contribution in [0.3, 0.4) is 0 Å². The maximum absolute atomic E-state index is 12.4. The number of nitrogens with zero attached hydrogens (tertiary/aromatic N) is 2. The van der Waals surface area contributed by atoms with E-state index in [-0.39, 0.29) is 0 Å². The van der Waals surface area contributed by atoms with Crippen molar-refractivity contribution in [2.24, 2.45) is 0 Å². The Balaban J connectivity index is 1.73. The topological polar surface area (TPSA) is 32.8 Å². The zero-order valence-electron chi connectivity index (χ0n) is 16.0. The maximum Gasteiger partial charge on any atom is 0.222 e. The highest BCUT2D eigenvalue weighted by Gasteiger charge is 2.22. The van der Waals surface area contributed by atoms with Crippen molar-refractivity contribution < 1.29 is 9.53 Å². The summed E-state index contributed by atoms with van der Waals surface area (Å²) in [6.07, 6.45) is 8.10. The van der Waals surface area contributed by atoms with Crippen LogP contribution < -0.4 is 9.64 Å². The average Bonchev–Trinajstić information content (AvgIpc) is 2.65. The molecule has 1 aliphatic heterocycles. The largest absolute Gasteiger partial charge is 0.492 e. The summed E-state index contributed by atoms with van der Waals surface area (Å²) in [5.74, 6) is 1.27. The molecule has 2 rings (SSSR count). The minimum atomic E-state index is 0.327. The second-order valence-corrected chi connectivity index (χ2v) is 6.79. The van der Waals surface area contributed by atoms with Crippen molar-refractivity contribution in [1.29, 1.82) is 0 Å². The van der Waals surface area contributed by atoms with Gasteiger partial charge in [0.05, 0.1) is 12.3 Å². The summed E-state index contributed by atoms with van der Waals surface area (Å²) in [5, 5.41) is 0. The van der Waals surface area contributed by atoms with E-state index in [9.17, 15) is 4.79 Å². The molecule has 1 aliphatic rings. The Morgan fingerprint density at radius 1 is 0.960 bits per heavy atom. The minimum Gasteiger partial charge on any atom is -0.492 e. The molecule has 0 spiro atoms. The molecule has 1 aromatic carbocycles. The zero-order chi connectivity index (χ0) is 17.9. The van der Waals surface area contributed by atoms with Gasteiger partial charge < -0.3 is 14.5 Å². The van der Waals surface area contributed by atoms with Crippen LogP contribution in [0.25, 0.3) is 0 Å². The van der Waals surface area contributed by atoms with Gasteiger partial charge in [-0.3, -0.25) is 4.79 Å². The first kappa shape index (κ1) is 19.6. The molecule has 0 N–H and O–H groups in total. The van der Waals surface area contributed by atoms with Crippen molar-refractivity contribution in [3.05, 3.63) is 24.3 Å². The van der Waals surface area contributed by atoms with Crippen LogP contribution in [0.2, 0.25) is 0 Å². The van der Waals surface area contributed by atoms with Crippen LogP contribution in [-0.4, -0.2) is 43.6 Å². The molecule has 1 amide bonds. The molecule has 140 valence electrons. The third-order valence-electron chi connectivity index (χ3n) is 4.88. The smallest absolute Gasteiger partial charge is 0.222 e. The lowest BCUT2D eigenvalue weighted by Crippen LogP contribution is -2.48. The SMILES string of the molecule is CCCCCCCCC(=O)N1CCN(c2ccccc2OCC)CC1. The lowest BCUT2D eigenvalue weighted by molar-refractivity contribution is -0.131. The lowest BCUT2D eigenvalue weighted by atomic mass is 10.1. The van der Waals surface area contributed by atoms with E-state index in [0.717, 1.165) is 44.0 Å². The van der Waals surface area contributed by atoms with Gasteiger partial charge in [0.15, 0.2) is 0 Å². The molecule has 0 aliphatic carbocycles. The number of benzene rings is 1. The predicted molar refractivity (Wildman–Crippen MR) is 104 cm³/mol. The first-order chi connectivity index (χ1) is 12.3. The molecule has 1 heterocycles. The van der Waals surface area contributed by atoms with E-state index in [4.69, 9.17) is 4.74 Å². The minimum absolute atomic E-state index is 0.327. The second kappa shape index (κ2) is 11.0. The number of carbonyl (C=O) groups excluding carboxylic acids is 1. The normalized spacial score (nSPS) is 14.6. The van der Waals surface area contributed by atoms with Crippen molar-refractivity contribution >= 4 is 11.6 Å². The third-order valence-corrected chi connectivity index (χ3v) is 4.88. The molecule has 4 nitrogen and oxygen atoms in total. The molecule has 1 aromatic rings. The van der Waals surface area contributed by atoms with Gasteiger partial charge >= 0.3 is 0 Å². The molecule has 0 saturated carbocycles. The van der Waals surface area contributed by atoms with Crippen LogP contribution in [0, 0.1) is 0 Å². The summed E-state index contributed by atoms with van der Waals surface area (Å²) in [6, 6.07) is 8.19. The van der Waals surface area contributed by atoms with Gasteiger partial charge in [-0.25, -0.2) is 0 Å². The van der Waals surface area contributed by atoms with E-state index in [1.165, 1.54) is 32.1 Å². The fourth-order valence-corrected chi connectivity index (χ4v) is 3.41. The molecule has 0 unspecified atom stereocenters. The number of amides is 1. The Hall–Kier alpha value is -1.71. The highest BCUT2D eigenvalue weighted by Crippen LogP contribution is 2.28. The number of unbranched alkanes of at least 4 members (excludes halogenated alkanes) is 5. The standard InChI is InChI=1S/C21H34N2O2/c1-3-5-6-7-8-9-14-21(24)23-17-15-22(16-18-23)19-12-10-11-13-20(19)25-4-2/h10-13H,3-9,14-18H2,1-2H3. The number of para-hydroxylation sites is 2. The van der Waals surface area contributed by atoms with E-state index in [1.807, 2.05) is 30.0 Å². The summed E-state index contributed by atoms with van der Waals surface area (Å²) >= 11 is 0. The summed E-state index contributed by atoms with van der Waals surface area (Å²) in [5.41, 5.74) is 1.15. The highest BCUT2D eigenvalue weighted by molar-refractivity contribution is 5.76. The molecule has 1 saturated heterocycles. The van der Waals surface area contributed by atoms with Crippen LogP contribution in [0.1, 0.15) is 58.8 Å². The van der Waals surface area contributed by atoms with Crippen molar-refractivity contribution in [1.82, 2.24) is 4.90 Å². The van der Waals surface area contributed by atoms with Gasteiger partial charge in [-0.2, -0.15) is 0 Å². The van der Waals surface area contributed by atoms with E-state index in [2.05, 4.69) is 17.9 Å². The molecule has 25 heavy (non-hydrogen) atoms. The number of carbonyl (C=O) groups is 1. The lowest BCUT2D eigenvalue weighted by Gasteiger charge is -2.36. The Labute approximate surface area is 153 Å². The molecule has 4 heteroatoms. The highest BCUT2D eigenvalue weighted by atomic mass is 16.5. The maximum atomic E-state index is 12.4. The van der Waals surface area contributed by atoms with Crippen molar-refractivity contribution in [2.75, 3.05) is 37.7 Å². The van der Waals surface area contributed by atoms with Crippen LogP contribution in [0.4, 0.5) is 5.69 Å². The molecule has 0 aromatic heterocycles. The van der Waals surface area contributed by atoms with Gasteiger partial charge in [-0.15, -0.1) is 0 Å². The monoisotopic (exact) mass is 346 g/mol. The zero-order valence-corrected chi connectivity index (χ0v) is 16.0. The van der Waals surface area contributed by atoms with Gasteiger partial charge in [0, 0.05) is 32.6 Å². The summed E-state index contributed by atoms with van der Waals surface area (Å²) in [6.45, 7) is 8.31. The first-order valence-corrected chi connectivity index (χ1v) is 10.0. The fourth-order valence-electron chi connectivity index (χ4n) is 3.41. The molecule has 0 bridgehead atoms. The number of hydrogen-bond donors (Lipinski definition) is 0. The van der Waals surface area contributed by atoms with E-state index in [0.29, 0.717) is 18.9 Å². The number of rotatable bonds is 10. The first-order valence-electron chi connectivity index (χ1n) is 10.0. The van der Waals surface area contributed by atoms with E-state index in [1.54, 1.807) is 0 Å². The van der Waals surface area contributed by atoms with Gasteiger partial charge in [-0.1, -0.05) is 51.2 Å². The number of anilines is 1. The number of ether oxygens (including phenoxy) is 1. The summed E-state index contributed by atoms with van der Waals surface area (Å²) in [7, 11) is 0. The molecular weight excluding hydrogens is 312 g/mol. The van der Waals surface area contributed by atoms with Crippen molar-refractivity contribution in [2.45, 2.75) is 58.8 Å². The summed E-state index contributed by atoms with van der Waals surface area (Å²) < 4.78 is 5.74. The molecule has 0 radical (unpaired) electrons. The average molecular weight is 347 g/mol. The Morgan fingerprint density at radius 2 is 1.64 bits per heavy atom. The van der Waals surface area contributed by atoms with Gasteiger partial charge in [0.2, 0.25) is 5.91 Å². The van der Waals surface area contributed by atoms with E-state index < -0.39 is 0 Å². The van der Waals surface area contributed by atoms with Crippen molar-refractivity contribution in [3.63, 3.8) is 0 Å². The fraction of sp³-hybridized carbons (Fsp3) is 0.667. The van der Waals surface area contributed by atoms with E-state index >= 15 is 0 Å². The molecule has 1 fully saturated rings. The number of piperazine rings is 1. The van der Waals surface area contributed by atoms with Crippen molar-refractivity contribution in [3.8, 4) is 5.75 Å². The Morgan fingerprint density at radius 3 is 2.36 bits per heavy atom. The van der Waals surface area contributed by atoms with Crippen LogP contribution in [-0.2, 0) is 4.79 Å². The van der Waals surface area contributed by atoms with Crippen LogP contribution >= 0.6 is 0 Å². The summed E-state index contributed by atoms with van der Waals surface area (Å²) in [4.78, 5) is 16.7. The molecular formula is C21H34N2O2. The second-order valence-electron chi connectivity index (χ2n) is 6.79. The van der Waals surface area contributed by atoms with Crippen LogP contribution in [0.15, 0.2) is 24.3 Å². The number of hydrogen-bond acceptors (Lipinski definition) is 3. The quantitative estimate of drug-likeness (QED) is 0.585.